The highest BCUT2D eigenvalue weighted by Gasteiger charge is 2.19. The fraction of sp³-hybridized carbons (Fsp3) is 0.649. The SMILES string of the molecule is CC/C=C\C/C=C\C/C=C\C/C=C\C/C=C\C/C=C\C/C=C\C/C=C\C/C=C\C/C=C\CCCCC(=O)OCC(COC(=O)CCCCCCC/C=C\CCCCCCCC)OC(=O)CCCCCCCCC/C=C\CCCCCCCC. The van der Waals surface area contributed by atoms with Crippen LogP contribution < -0.4 is 0 Å². The van der Waals surface area contributed by atoms with E-state index in [1.807, 2.05) is 0 Å². The minimum Gasteiger partial charge on any atom is -0.462 e. The molecule has 0 aliphatic heterocycles. The van der Waals surface area contributed by atoms with Gasteiger partial charge in [-0.05, 0) is 148 Å². The summed E-state index contributed by atoms with van der Waals surface area (Å²) >= 11 is 0. The molecule has 0 saturated heterocycles. The molecule has 0 heterocycles. The molecule has 83 heavy (non-hydrogen) atoms. The fourth-order valence-corrected chi connectivity index (χ4v) is 9.17. The smallest absolute Gasteiger partial charge is 0.306 e. The lowest BCUT2D eigenvalue weighted by Gasteiger charge is -2.18. The average Bonchev–Trinajstić information content (AvgIpc) is 3.49. The number of allylic oxidation sites excluding steroid dienone is 24. The van der Waals surface area contributed by atoms with Crippen molar-refractivity contribution in [3.63, 3.8) is 0 Å². The molecule has 0 aromatic carbocycles. The van der Waals surface area contributed by atoms with E-state index in [0.717, 1.165) is 128 Å². The molecule has 0 rings (SSSR count). The summed E-state index contributed by atoms with van der Waals surface area (Å²) in [7, 11) is 0. The number of hydrogen-bond donors (Lipinski definition) is 0. The lowest BCUT2D eigenvalue weighted by molar-refractivity contribution is -0.167. The van der Waals surface area contributed by atoms with Crippen LogP contribution in [0.15, 0.2) is 146 Å². The van der Waals surface area contributed by atoms with Gasteiger partial charge in [0.1, 0.15) is 13.2 Å². The number of ether oxygens (including phenoxy) is 3. The molecule has 0 aromatic rings. The van der Waals surface area contributed by atoms with Crippen molar-refractivity contribution in [2.24, 2.45) is 0 Å². The quantitative estimate of drug-likeness (QED) is 0.0261. The topological polar surface area (TPSA) is 78.9 Å². The van der Waals surface area contributed by atoms with E-state index in [0.29, 0.717) is 25.7 Å². The Hall–Kier alpha value is -4.71. The minimum atomic E-state index is -0.808. The first-order chi connectivity index (χ1) is 41.0. The third-order valence-corrected chi connectivity index (χ3v) is 14.3. The van der Waals surface area contributed by atoms with E-state index in [9.17, 15) is 14.4 Å². The second-order valence-electron chi connectivity index (χ2n) is 22.3. The number of unbranched alkanes of at least 4 members (excludes halogenated alkanes) is 26. The summed E-state index contributed by atoms with van der Waals surface area (Å²) in [4.78, 5) is 38.4. The molecule has 0 aromatic heterocycles. The van der Waals surface area contributed by atoms with Crippen LogP contribution in [0.25, 0.3) is 0 Å². The number of esters is 3. The monoisotopic (exact) mass is 1150 g/mol. The Morgan fingerprint density at radius 2 is 0.470 bits per heavy atom. The van der Waals surface area contributed by atoms with E-state index in [1.165, 1.54) is 128 Å². The zero-order valence-electron chi connectivity index (χ0n) is 53.9. The molecule has 6 nitrogen and oxygen atoms in total. The normalized spacial score (nSPS) is 13.0. The van der Waals surface area contributed by atoms with Crippen LogP contribution in [-0.4, -0.2) is 37.2 Å². The fourth-order valence-electron chi connectivity index (χ4n) is 9.17. The molecule has 1 atom stereocenters. The number of carbonyl (C=O) groups is 3. The van der Waals surface area contributed by atoms with E-state index < -0.39 is 6.10 Å². The van der Waals surface area contributed by atoms with Crippen LogP contribution in [-0.2, 0) is 28.6 Å². The standard InChI is InChI=1S/C77H126O6/c1-4-7-10-13-16-19-22-25-28-30-31-32-33-34-35-36-37-38-39-40-41-42-43-44-45-47-49-52-55-58-61-64-67-70-76(79)82-73-74(72-81-75(78)69-66-63-60-57-54-51-48-27-24-21-18-15-12-9-6-3)83-77(80)71-68-65-62-59-56-53-50-46-29-26-23-20-17-14-11-8-5-2/h7,10,16,19,25-29,31-32,34-35,37-38,40-41,43-44,47-49,55,58,74H,4-6,8-9,11-15,17-18,20-24,30,33,36,39,42,45-46,50-54,56-57,59-73H2,1-3H3/b10-7-,19-16-,28-25-,29-26-,32-31-,35-34-,38-37-,41-40-,44-43-,48-27-,49-47-,58-55-. The van der Waals surface area contributed by atoms with Gasteiger partial charge in [-0.1, -0.05) is 282 Å². The molecule has 0 bridgehead atoms. The summed E-state index contributed by atoms with van der Waals surface area (Å²) in [6.07, 6.45) is 100. The lowest BCUT2D eigenvalue weighted by Crippen LogP contribution is -2.30. The van der Waals surface area contributed by atoms with Crippen molar-refractivity contribution in [3.8, 4) is 0 Å². The van der Waals surface area contributed by atoms with Crippen molar-refractivity contribution < 1.29 is 28.6 Å². The maximum atomic E-state index is 12.9. The van der Waals surface area contributed by atoms with Gasteiger partial charge < -0.3 is 14.2 Å². The molecule has 470 valence electrons. The van der Waals surface area contributed by atoms with Gasteiger partial charge in [0.25, 0.3) is 0 Å². The molecular weight excluding hydrogens is 1020 g/mol. The van der Waals surface area contributed by atoms with Gasteiger partial charge in [-0.2, -0.15) is 0 Å². The first-order valence-corrected chi connectivity index (χ1v) is 34.3. The number of carbonyl (C=O) groups excluding carboxylic acids is 3. The van der Waals surface area contributed by atoms with Gasteiger partial charge in [0, 0.05) is 19.3 Å². The first-order valence-electron chi connectivity index (χ1n) is 34.3. The zero-order valence-corrected chi connectivity index (χ0v) is 53.9. The maximum Gasteiger partial charge on any atom is 0.306 e. The summed E-state index contributed by atoms with van der Waals surface area (Å²) in [5.41, 5.74) is 0. The van der Waals surface area contributed by atoms with Crippen molar-refractivity contribution in [2.75, 3.05) is 13.2 Å². The van der Waals surface area contributed by atoms with Gasteiger partial charge in [-0.15, -0.1) is 0 Å². The van der Waals surface area contributed by atoms with Crippen LogP contribution in [0.1, 0.15) is 303 Å². The second-order valence-corrected chi connectivity index (χ2v) is 22.3. The Bertz CT molecular complexity index is 1800. The Morgan fingerprint density at radius 3 is 0.771 bits per heavy atom. The summed E-state index contributed by atoms with van der Waals surface area (Å²) in [5.74, 6) is -0.955. The number of rotatable bonds is 61. The Balaban J connectivity index is 4.42. The van der Waals surface area contributed by atoms with Crippen molar-refractivity contribution in [1.29, 1.82) is 0 Å². The predicted molar refractivity (Wildman–Crippen MR) is 362 cm³/mol. The summed E-state index contributed by atoms with van der Waals surface area (Å²) in [6, 6.07) is 0. The average molecular weight is 1150 g/mol. The molecule has 6 heteroatoms. The van der Waals surface area contributed by atoms with Gasteiger partial charge in [-0.25, -0.2) is 0 Å². The van der Waals surface area contributed by atoms with Gasteiger partial charge in [-0.3, -0.25) is 14.4 Å². The Labute approximate surface area is 512 Å². The molecular formula is C77H126O6. The van der Waals surface area contributed by atoms with E-state index in [4.69, 9.17) is 14.2 Å². The van der Waals surface area contributed by atoms with Crippen LogP contribution >= 0.6 is 0 Å². The number of hydrogen-bond acceptors (Lipinski definition) is 6. The Morgan fingerprint density at radius 1 is 0.253 bits per heavy atom. The van der Waals surface area contributed by atoms with Crippen LogP contribution in [0.2, 0.25) is 0 Å². The second kappa shape index (κ2) is 69.8. The summed E-state index contributed by atoms with van der Waals surface area (Å²) in [6.45, 7) is 6.48. The van der Waals surface area contributed by atoms with Gasteiger partial charge in [0.15, 0.2) is 6.10 Å². The maximum absolute atomic E-state index is 12.9. The van der Waals surface area contributed by atoms with E-state index in [2.05, 4.69) is 167 Å². The highest BCUT2D eigenvalue weighted by atomic mass is 16.6. The van der Waals surface area contributed by atoms with E-state index in [-0.39, 0.29) is 31.1 Å². The van der Waals surface area contributed by atoms with E-state index >= 15 is 0 Å². The molecule has 1 unspecified atom stereocenters. The third kappa shape index (κ3) is 68.0. The van der Waals surface area contributed by atoms with Crippen LogP contribution in [0.5, 0.6) is 0 Å². The van der Waals surface area contributed by atoms with E-state index in [1.54, 1.807) is 0 Å². The van der Waals surface area contributed by atoms with Crippen molar-refractivity contribution in [2.45, 2.75) is 309 Å². The van der Waals surface area contributed by atoms with Gasteiger partial charge >= 0.3 is 17.9 Å². The summed E-state index contributed by atoms with van der Waals surface area (Å²) < 4.78 is 16.9. The van der Waals surface area contributed by atoms with Crippen molar-refractivity contribution in [1.82, 2.24) is 0 Å². The molecule has 0 spiro atoms. The van der Waals surface area contributed by atoms with Gasteiger partial charge in [0.2, 0.25) is 0 Å². The molecule has 0 saturated carbocycles. The molecule has 0 radical (unpaired) electrons. The van der Waals surface area contributed by atoms with Crippen LogP contribution in [0.3, 0.4) is 0 Å². The molecule has 0 N–H and O–H groups in total. The van der Waals surface area contributed by atoms with Gasteiger partial charge in [0.05, 0.1) is 0 Å². The van der Waals surface area contributed by atoms with Crippen molar-refractivity contribution >= 4 is 17.9 Å². The largest absolute Gasteiger partial charge is 0.462 e. The predicted octanol–water partition coefficient (Wildman–Crippen LogP) is 23.9. The molecule has 0 fully saturated rings. The molecule has 0 amide bonds. The highest BCUT2D eigenvalue weighted by Crippen LogP contribution is 2.15. The van der Waals surface area contributed by atoms with Crippen LogP contribution in [0, 0.1) is 0 Å². The van der Waals surface area contributed by atoms with Crippen LogP contribution in [0.4, 0.5) is 0 Å². The molecule has 0 aliphatic carbocycles. The Kier molecular flexibility index (Phi) is 65.8. The van der Waals surface area contributed by atoms with Crippen molar-refractivity contribution in [3.05, 3.63) is 146 Å². The highest BCUT2D eigenvalue weighted by molar-refractivity contribution is 5.71. The lowest BCUT2D eigenvalue weighted by atomic mass is 10.1. The summed E-state index contributed by atoms with van der Waals surface area (Å²) in [5, 5.41) is 0. The minimum absolute atomic E-state index is 0.101. The first kappa shape index (κ1) is 78.3. The zero-order chi connectivity index (χ0) is 59.9. The third-order valence-electron chi connectivity index (χ3n) is 14.3. The molecule has 0 aliphatic rings.